The molecule has 1 aromatic heterocycles. The van der Waals surface area contributed by atoms with Crippen LogP contribution in [0.2, 0.25) is 0 Å². The van der Waals surface area contributed by atoms with Gasteiger partial charge in [-0.05, 0) is 24.6 Å². The lowest BCUT2D eigenvalue weighted by molar-refractivity contribution is 0.0605. The average molecular weight is 355 g/mol. The molecule has 0 saturated heterocycles. The van der Waals surface area contributed by atoms with Crippen molar-refractivity contribution in [1.82, 2.24) is 4.98 Å². The third-order valence-electron chi connectivity index (χ3n) is 2.79. The van der Waals surface area contributed by atoms with Gasteiger partial charge in [-0.15, -0.1) is 0 Å². The summed E-state index contributed by atoms with van der Waals surface area (Å²) >= 11 is 4.81. The predicted octanol–water partition coefficient (Wildman–Crippen LogP) is 3.64. The number of esters is 1. The first-order valence-corrected chi connectivity index (χ1v) is 7.63. The van der Waals surface area contributed by atoms with Crippen molar-refractivity contribution in [3.8, 4) is 0 Å². The van der Waals surface area contributed by atoms with Gasteiger partial charge in [0.05, 0.1) is 12.8 Å². The van der Waals surface area contributed by atoms with Gasteiger partial charge < -0.3 is 9.64 Å². The fourth-order valence-corrected chi connectivity index (χ4v) is 3.20. The zero-order chi connectivity index (χ0) is 14.7. The number of methoxy groups -OCH3 is 1. The minimum absolute atomic E-state index is 0.331. The number of aryl methyl sites for hydroxylation is 1. The lowest BCUT2D eigenvalue weighted by atomic mass is 10.2. The van der Waals surface area contributed by atoms with Gasteiger partial charge in [0.1, 0.15) is 4.88 Å². The number of nitrogens with zero attached hydrogens (tertiary/aromatic N) is 2. The topological polar surface area (TPSA) is 42.4 Å². The molecule has 0 bridgehead atoms. The molecule has 0 aliphatic heterocycles. The number of ether oxygens (including phenoxy) is 1. The lowest BCUT2D eigenvalue weighted by Gasteiger charge is -2.15. The Bertz CT molecular complexity index is 627. The van der Waals surface area contributed by atoms with E-state index in [0.29, 0.717) is 10.6 Å². The molecule has 0 N–H and O–H groups in total. The SMILES string of the molecule is COC(=O)c1sc(N(C)Cc2cccc(Br)c2)nc1C. The number of aromatic nitrogens is 1. The molecule has 2 aromatic rings. The second-order valence-corrected chi connectivity index (χ2v) is 6.28. The van der Waals surface area contributed by atoms with Gasteiger partial charge in [-0.2, -0.15) is 0 Å². The number of carbonyl (C=O) groups excluding carboxylic acids is 1. The Kier molecular flexibility index (Phi) is 4.77. The van der Waals surface area contributed by atoms with Gasteiger partial charge in [0.15, 0.2) is 5.13 Å². The third kappa shape index (κ3) is 3.37. The third-order valence-corrected chi connectivity index (χ3v) is 4.54. The summed E-state index contributed by atoms with van der Waals surface area (Å²) in [6.07, 6.45) is 0. The predicted molar refractivity (Wildman–Crippen MR) is 84.4 cm³/mol. The Labute approximate surface area is 130 Å². The van der Waals surface area contributed by atoms with E-state index in [1.807, 2.05) is 31.0 Å². The van der Waals surface area contributed by atoms with Crippen molar-refractivity contribution >= 4 is 38.4 Å². The Morgan fingerprint density at radius 2 is 2.25 bits per heavy atom. The molecule has 2 rings (SSSR count). The van der Waals surface area contributed by atoms with Crippen molar-refractivity contribution in [2.45, 2.75) is 13.5 Å². The second-order valence-electron chi connectivity index (χ2n) is 4.39. The second kappa shape index (κ2) is 6.37. The van der Waals surface area contributed by atoms with E-state index in [2.05, 4.69) is 33.0 Å². The minimum Gasteiger partial charge on any atom is -0.465 e. The largest absolute Gasteiger partial charge is 0.465 e. The van der Waals surface area contributed by atoms with Crippen molar-refractivity contribution in [3.05, 3.63) is 44.9 Å². The maximum absolute atomic E-state index is 11.6. The molecule has 4 nitrogen and oxygen atoms in total. The molecular formula is C14H15BrN2O2S. The van der Waals surface area contributed by atoms with E-state index >= 15 is 0 Å². The smallest absolute Gasteiger partial charge is 0.350 e. The Morgan fingerprint density at radius 3 is 2.90 bits per heavy atom. The molecule has 0 aliphatic rings. The van der Waals surface area contributed by atoms with Gasteiger partial charge in [0.2, 0.25) is 0 Å². The van der Waals surface area contributed by atoms with Crippen molar-refractivity contribution in [2.24, 2.45) is 0 Å². The van der Waals surface area contributed by atoms with E-state index in [1.165, 1.54) is 24.0 Å². The molecule has 0 amide bonds. The molecule has 0 aliphatic carbocycles. The minimum atomic E-state index is -0.331. The number of hydrogen-bond donors (Lipinski definition) is 0. The van der Waals surface area contributed by atoms with E-state index in [0.717, 1.165) is 16.1 Å². The molecule has 20 heavy (non-hydrogen) atoms. The van der Waals surface area contributed by atoms with E-state index in [9.17, 15) is 4.79 Å². The quantitative estimate of drug-likeness (QED) is 0.786. The molecule has 0 atom stereocenters. The van der Waals surface area contributed by atoms with Crippen LogP contribution in [-0.4, -0.2) is 25.1 Å². The van der Waals surface area contributed by atoms with Crippen LogP contribution in [0.3, 0.4) is 0 Å². The highest BCUT2D eigenvalue weighted by molar-refractivity contribution is 9.10. The van der Waals surface area contributed by atoms with Gasteiger partial charge in [-0.1, -0.05) is 39.4 Å². The van der Waals surface area contributed by atoms with Crippen molar-refractivity contribution in [2.75, 3.05) is 19.1 Å². The normalized spacial score (nSPS) is 10.4. The van der Waals surface area contributed by atoms with Crippen LogP contribution >= 0.6 is 27.3 Å². The molecule has 0 spiro atoms. The zero-order valence-electron chi connectivity index (χ0n) is 11.5. The van der Waals surface area contributed by atoms with E-state index in [4.69, 9.17) is 4.74 Å². The van der Waals surface area contributed by atoms with Crippen molar-refractivity contribution < 1.29 is 9.53 Å². The van der Waals surface area contributed by atoms with Crippen LogP contribution < -0.4 is 4.90 Å². The standard InChI is InChI=1S/C14H15BrN2O2S/c1-9-12(13(18)19-3)20-14(16-9)17(2)8-10-5-4-6-11(15)7-10/h4-7H,8H2,1-3H3. The van der Waals surface area contributed by atoms with Crippen LogP contribution in [0.4, 0.5) is 5.13 Å². The van der Waals surface area contributed by atoms with E-state index in [1.54, 1.807) is 0 Å². The van der Waals surface area contributed by atoms with Crippen LogP contribution in [-0.2, 0) is 11.3 Å². The highest BCUT2D eigenvalue weighted by atomic mass is 79.9. The number of halogens is 1. The molecule has 6 heteroatoms. The number of benzene rings is 1. The summed E-state index contributed by atoms with van der Waals surface area (Å²) in [7, 11) is 3.34. The van der Waals surface area contributed by atoms with Gasteiger partial charge >= 0.3 is 5.97 Å². The summed E-state index contributed by atoms with van der Waals surface area (Å²) in [4.78, 5) is 18.6. The molecular weight excluding hydrogens is 340 g/mol. The molecule has 0 fully saturated rings. The molecule has 0 saturated carbocycles. The maximum atomic E-state index is 11.6. The molecule has 1 aromatic carbocycles. The van der Waals surface area contributed by atoms with Crippen molar-refractivity contribution in [1.29, 1.82) is 0 Å². The van der Waals surface area contributed by atoms with Crippen LogP contribution in [0.25, 0.3) is 0 Å². The Hall–Kier alpha value is -1.40. The summed E-state index contributed by atoms with van der Waals surface area (Å²) in [5, 5.41) is 0.808. The van der Waals surface area contributed by atoms with Crippen LogP contribution in [0, 0.1) is 6.92 Å². The number of hydrogen-bond acceptors (Lipinski definition) is 5. The van der Waals surface area contributed by atoms with Gasteiger partial charge in [-0.25, -0.2) is 9.78 Å². The van der Waals surface area contributed by atoms with E-state index in [-0.39, 0.29) is 5.97 Å². The van der Waals surface area contributed by atoms with Gasteiger partial charge in [-0.3, -0.25) is 0 Å². The first kappa shape index (κ1) is 15.0. The highest BCUT2D eigenvalue weighted by Crippen LogP contribution is 2.27. The zero-order valence-corrected chi connectivity index (χ0v) is 13.9. The molecule has 1 heterocycles. The summed E-state index contributed by atoms with van der Waals surface area (Å²) in [6.45, 7) is 2.55. The number of carbonyl (C=O) groups is 1. The van der Waals surface area contributed by atoms with Crippen LogP contribution in [0.15, 0.2) is 28.7 Å². The number of thiazole rings is 1. The number of anilines is 1. The van der Waals surface area contributed by atoms with Crippen molar-refractivity contribution in [3.63, 3.8) is 0 Å². The number of rotatable bonds is 4. The van der Waals surface area contributed by atoms with Crippen LogP contribution in [0.1, 0.15) is 20.9 Å². The average Bonchev–Trinajstić information content (AvgIpc) is 2.80. The van der Waals surface area contributed by atoms with E-state index < -0.39 is 0 Å². The fraction of sp³-hybridized carbons (Fsp3) is 0.286. The first-order chi connectivity index (χ1) is 9.51. The fourth-order valence-electron chi connectivity index (χ4n) is 1.80. The van der Waals surface area contributed by atoms with Gasteiger partial charge in [0.25, 0.3) is 0 Å². The summed E-state index contributed by atoms with van der Waals surface area (Å²) in [5.41, 5.74) is 1.88. The first-order valence-electron chi connectivity index (χ1n) is 6.02. The van der Waals surface area contributed by atoms with Gasteiger partial charge in [0, 0.05) is 18.1 Å². The lowest BCUT2D eigenvalue weighted by Crippen LogP contribution is -2.16. The summed E-state index contributed by atoms with van der Waals surface area (Å²) < 4.78 is 5.80. The maximum Gasteiger partial charge on any atom is 0.350 e. The highest BCUT2D eigenvalue weighted by Gasteiger charge is 2.17. The summed E-state index contributed by atoms with van der Waals surface area (Å²) in [5.74, 6) is -0.331. The van der Waals surface area contributed by atoms with Crippen LogP contribution in [0.5, 0.6) is 0 Å². The Balaban J connectivity index is 2.17. The monoisotopic (exact) mass is 354 g/mol. The Morgan fingerprint density at radius 1 is 1.50 bits per heavy atom. The molecule has 0 radical (unpaired) electrons. The molecule has 106 valence electrons. The summed E-state index contributed by atoms with van der Waals surface area (Å²) in [6, 6.07) is 8.12. The molecule has 0 unspecified atom stereocenters.